The van der Waals surface area contributed by atoms with Gasteiger partial charge < -0.3 is 5.11 Å². The highest BCUT2D eigenvalue weighted by molar-refractivity contribution is 6.15. The molecule has 8 heteroatoms. The highest BCUT2D eigenvalue weighted by Crippen LogP contribution is 2.02. The minimum Gasteiger partial charge on any atom is -0.481 e. The van der Waals surface area contributed by atoms with E-state index < -0.39 is 72.8 Å². The lowest BCUT2D eigenvalue weighted by Gasteiger charge is -2.00. The van der Waals surface area contributed by atoms with Gasteiger partial charge in [-0.2, -0.15) is 0 Å². The second-order valence-corrected chi connectivity index (χ2v) is 4.85. The summed E-state index contributed by atoms with van der Waals surface area (Å²) in [5.41, 5.74) is 0. The Kier molecular flexibility index (Phi) is 8.35. The summed E-state index contributed by atoms with van der Waals surface area (Å²) < 4.78 is 0. The van der Waals surface area contributed by atoms with Gasteiger partial charge in [-0.15, -0.1) is 0 Å². The molecule has 0 rings (SSSR count). The van der Waals surface area contributed by atoms with Gasteiger partial charge in [-0.25, -0.2) is 0 Å². The maximum atomic E-state index is 11.4. The van der Waals surface area contributed by atoms with E-state index in [0.29, 0.717) is 0 Å². The molecular formula is C14H16O8. The Labute approximate surface area is 125 Å². The predicted molar refractivity (Wildman–Crippen MR) is 71.1 cm³/mol. The Morgan fingerprint density at radius 3 is 1.09 bits per heavy atom. The van der Waals surface area contributed by atoms with Crippen LogP contribution in [0.25, 0.3) is 0 Å². The molecule has 0 bridgehead atoms. The summed E-state index contributed by atoms with van der Waals surface area (Å²) in [5.74, 6) is -5.44. The molecule has 0 aromatic heterocycles. The van der Waals surface area contributed by atoms with E-state index in [4.69, 9.17) is 5.11 Å². The molecule has 0 aromatic carbocycles. The van der Waals surface area contributed by atoms with Gasteiger partial charge in [-0.3, -0.25) is 33.6 Å². The molecule has 0 radical (unpaired) electrons. The molecule has 0 aliphatic rings. The van der Waals surface area contributed by atoms with E-state index in [1.54, 1.807) is 0 Å². The lowest BCUT2D eigenvalue weighted by molar-refractivity contribution is -0.140. The summed E-state index contributed by atoms with van der Waals surface area (Å²) in [4.78, 5) is 77.3. The van der Waals surface area contributed by atoms with E-state index >= 15 is 0 Å². The lowest BCUT2D eigenvalue weighted by Crippen LogP contribution is -2.18. The van der Waals surface area contributed by atoms with Crippen LogP contribution >= 0.6 is 0 Å². The van der Waals surface area contributed by atoms with Gasteiger partial charge in [-0.1, -0.05) is 0 Å². The van der Waals surface area contributed by atoms with Gasteiger partial charge in [-0.05, 0) is 6.92 Å². The zero-order chi connectivity index (χ0) is 17.3. The highest BCUT2D eigenvalue weighted by Gasteiger charge is 2.19. The standard InChI is InChI=1S/C14H16O8/c1-8(15)2-9(16)3-10(17)4-11(18)5-12(19)6-13(20)7-14(21)22/h2-7H2,1H3,(H,21,22). The van der Waals surface area contributed by atoms with Crippen LogP contribution < -0.4 is 0 Å². The largest absolute Gasteiger partial charge is 0.481 e. The van der Waals surface area contributed by atoms with Gasteiger partial charge >= 0.3 is 5.97 Å². The smallest absolute Gasteiger partial charge is 0.310 e. The maximum Gasteiger partial charge on any atom is 0.310 e. The van der Waals surface area contributed by atoms with Crippen LogP contribution in [0, 0.1) is 0 Å². The van der Waals surface area contributed by atoms with Crippen molar-refractivity contribution in [3.63, 3.8) is 0 Å². The minimum absolute atomic E-state index is 0.386. The summed E-state index contributed by atoms with van der Waals surface area (Å²) in [6.07, 6.45) is -3.74. The molecule has 8 nitrogen and oxygen atoms in total. The van der Waals surface area contributed by atoms with Crippen molar-refractivity contribution in [2.75, 3.05) is 0 Å². The average molecular weight is 312 g/mol. The molecule has 22 heavy (non-hydrogen) atoms. The Morgan fingerprint density at radius 1 is 0.545 bits per heavy atom. The summed E-state index contributed by atoms with van der Waals surface area (Å²) in [6, 6.07) is 0. The van der Waals surface area contributed by atoms with Crippen LogP contribution in [0.2, 0.25) is 0 Å². The van der Waals surface area contributed by atoms with Gasteiger partial charge in [0.25, 0.3) is 0 Å². The molecule has 1 N–H and O–H groups in total. The molecule has 120 valence electrons. The molecule has 0 spiro atoms. The number of carboxylic acid groups (broad SMARTS) is 1. The first kappa shape index (κ1) is 19.5. The molecule has 0 saturated carbocycles. The lowest BCUT2D eigenvalue weighted by atomic mass is 10.0. The van der Waals surface area contributed by atoms with Gasteiger partial charge in [0.05, 0.1) is 32.1 Å². The van der Waals surface area contributed by atoms with E-state index in [-0.39, 0.29) is 6.42 Å². The Bertz CT molecular complexity index is 483. The quantitative estimate of drug-likeness (QED) is 0.490. The van der Waals surface area contributed by atoms with Crippen LogP contribution in [0.15, 0.2) is 0 Å². The first-order valence-electron chi connectivity index (χ1n) is 6.40. The SMILES string of the molecule is CC(=O)CC(=O)CC(=O)CC(=O)CC(=O)CC(=O)CC(=O)O. The summed E-state index contributed by atoms with van der Waals surface area (Å²) in [5, 5.41) is 8.34. The third kappa shape index (κ3) is 10.3. The van der Waals surface area contributed by atoms with Crippen molar-refractivity contribution in [3.8, 4) is 0 Å². The van der Waals surface area contributed by atoms with Crippen molar-refractivity contribution in [2.45, 2.75) is 45.4 Å². The summed E-state index contributed by atoms with van der Waals surface area (Å²) in [7, 11) is 0. The fourth-order valence-electron chi connectivity index (χ4n) is 1.64. The fraction of sp³-hybridized carbons (Fsp3) is 0.500. The number of rotatable bonds is 12. The van der Waals surface area contributed by atoms with Crippen LogP contribution in [0.4, 0.5) is 0 Å². The average Bonchev–Trinajstić information content (AvgIpc) is 2.23. The van der Waals surface area contributed by atoms with Crippen molar-refractivity contribution >= 4 is 40.7 Å². The van der Waals surface area contributed by atoms with E-state index in [9.17, 15) is 33.6 Å². The molecule has 0 aliphatic heterocycles. The summed E-state index contributed by atoms with van der Waals surface area (Å²) >= 11 is 0. The molecule has 0 heterocycles. The fourth-order valence-corrected chi connectivity index (χ4v) is 1.64. The van der Waals surface area contributed by atoms with E-state index in [1.807, 2.05) is 0 Å². The van der Waals surface area contributed by atoms with Crippen molar-refractivity contribution in [2.24, 2.45) is 0 Å². The highest BCUT2D eigenvalue weighted by atomic mass is 16.4. The third-order valence-corrected chi connectivity index (χ3v) is 2.37. The van der Waals surface area contributed by atoms with Crippen LogP contribution in [0.3, 0.4) is 0 Å². The Morgan fingerprint density at radius 2 is 0.818 bits per heavy atom. The Balaban J connectivity index is 4.17. The number of carboxylic acids is 1. The maximum absolute atomic E-state index is 11.4. The van der Waals surface area contributed by atoms with E-state index in [1.165, 1.54) is 6.92 Å². The molecule has 0 unspecified atom stereocenters. The number of hydrogen-bond donors (Lipinski definition) is 1. The van der Waals surface area contributed by atoms with Crippen molar-refractivity contribution in [3.05, 3.63) is 0 Å². The normalized spacial score (nSPS) is 9.86. The van der Waals surface area contributed by atoms with Crippen LogP contribution in [-0.4, -0.2) is 45.8 Å². The topological polar surface area (TPSA) is 140 Å². The summed E-state index contributed by atoms with van der Waals surface area (Å²) in [6.45, 7) is 1.19. The second kappa shape index (κ2) is 9.43. The first-order chi connectivity index (χ1) is 10.1. The van der Waals surface area contributed by atoms with Crippen molar-refractivity contribution in [1.82, 2.24) is 0 Å². The van der Waals surface area contributed by atoms with Gasteiger partial charge in [0.2, 0.25) is 0 Å². The zero-order valence-corrected chi connectivity index (χ0v) is 12.0. The number of carbonyl (C=O) groups excluding carboxylic acids is 6. The van der Waals surface area contributed by atoms with Crippen LogP contribution in [0.5, 0.6) is 0 Å². The van der Waals surface area contributed by atoms with Crippen LogP contribution in [0.1, 0.15) is 45.4 Å². The van der Waals surface area contributed by atoms with Crippen molar-refractivity contribution in [1.29, 1.82) is 0 Å². The molecule has 0 aliphatic carbocycles. The van der Waals surface area contributed by atoms with Gasteiger partial charge in [0.15, 0.2) is 5.78 Å². The monoisotopic (exact) mass is 312 g/mol. The van der Waals surface area contributed by atoms with Gasteiger partial charge in [0.1, 0.15) is 35.3 Å². The number of hydrogen-bond acceptors (Lipinski definition) is 7. The number of aliphatic carboxylic acids is 1. The molecule has 0 atom stereocenters. The van der Waals surface area contributed by atoms with Crippen molar-refractivity contribution < 1.29 is 38.7 Å². The number of carbonyl (C=O) groups is 7. The molecular weight excluding hydrogens is 296 g/mol. The zero-order valence-electron chi connectivity index (χ0n) is 12.0. The van der Waals surface area contributed by atoms with Gasteiger partial charge in [0, 0.05) is 0 Å². The van der Waals surface area contributed by atoms with E-state index in [0.717, 1.165) is 0 Å². The second-order valence-electron chi connectivity index (χ2n) is 4.85. The van der Waals surface area contributed by atoms with E-state index in [2.05, 4.69) is 0 Å². The minimum atomic E-state index is -1.37. The molecule has 0 aromatic rings. The Hall–Kier alpha value is -2.51. The third-order valence-electron chi connectivity index (χ3n) is 2.37. The molecule has 0 saturated heterocycles. The first-order valence-corrected chi connectivity index (χ1v) is 6.40. The molecule has 0 amide bonds. The number of Topliss-reactive ketones (excluding diaryl/α,β-unsaturated/α-hetero) is 6. The molecule has 0 fully saturated rings. The van der Waals surface area contributed by atoms with Crippen LogP contribution in [-0.2, 0) is 33.6 Å². The number of ketones is 6. The predicted octanol–water partition coefficient (Wildman–Crippen LogP) is -0.154.